The predicted molar refractivity (Wildman–Crippen MR) is 231 cm³/mol. The molecule has 4 heterocycles. The zero-order valence-electron chi connectivity index (χ0n) is 35.4. The molecule has 0 fully saturated rings. The number of nitrogens with one attached hydrogen (secondary N) is 2. The average molecular weight is 1040 g/mol. The van der Waals surface area contributed by atoms with Crippen LogP contribution in [0.3, 0.4) is 0 Å². The van der Waals surface area contributed by atoms with Gasteiger partial charge in [0.05, 0.1) is 35.0 Å². The number of aliphatic imine (C=N–C) groups is 2. The molecule has 6 aromatic rings. The first-order valence-corrected chi connectivity index (χ1v) is 19.6. The molecule has 4 N–H and O–H groups in total. The molecular formula is C43H43Cl2N10O6Y2-. The van der Waals surface area contributed by atoms with Gasteiger partial charge in [0.2, 0.25) is 0 Å². The number of benzene rings is 4. The fourth-order valence-corrected chi connectivity index (χ4v) is 6.88. The summed E-state index contributed by atoms with van der Waals surface area (Å²) in [4.78, 5) is 34.3. The number of aryl methyl sites for hydroxylation is 2. The van der Waals surface area contributed by atoms with E-state index in [2.05, 4.69) is 31.0 Å². The van der Waals surface area contributed by atoms with E-state index in [1.165, 1.54) is 0 Å². The molecule has 322 valence electrons. The number of phenols is 2. The number of hydrogen-bond donors (Lipinski definition) is 4. The summed E-state index contributed by atoms with van der Waals surface area (Å²) in [5.41, 5.74) is 5.49. The van der Waals surface area contributed by atoms with Gasteiger partial charge in [-0.2, -0.15) is 0 Å². The second kappa shape index (κ2) is 21.9. The van der Waals surface area contributed by atoms with Gasteiger partial charge in [-0.3, -0.25) is 29.8 Å². The molecule has 4 aromatic carbocycles. The number of hydrogen-bond acceptors (Lipinski definition) is 12. The van der Waals surface area contributed by atoms with Crippen LogP contribution in [0, 0.1) is 21.3 Å². The van der Waals surface area contributed by atoms with E-state index in [-0.39, 0.29) is 96.6 Å². The Morgan fingerprint density at radius 2 is 0.952 bits per heavy atom. The average Bonchev–Trinajstić information content (AvgIpc) is 3.69. The van der Waals surface area contributed by atoms with Crippen LogP contribution in [-0.4, -0.2) is 75.6 Å². The molecule has 16 nitrogen and oxygen atoms in total. The van der Waals surface area contributed by atoms with Crippen molar-refractivity contribution in [3.63, 3.8) is 0 Å². The number of halogens is 2. The Bertz CT molecular complexity index is 2470. The van der Waals surface area contributed by atoms with Crippen molar-refractivity contribution in [3.05, 3.63) is 148 Å². The summed E-state index contributed by atoms with van der Waals surface area (Å²) in [7, 11) is 0. The number of rotatable bonds is 6. The smallest absolute Gasteiger partial charge is 0.409 e. The number of fused-ring (bicyclic) bond motifs is 6. The molecule has 0 saturated heterocycles. The monoisotopic (exact) mass is 1040 g/mol. The molecule has 0 bridgehead atoms. The third kappa shape index (κ3) is 11.6. The van der Waals surface area contributed by atoms with E-state index in [0.717, 1.165) is 22.5 Å². The van der Waals surface area contributed by atoms with Crippen LogP contribution in [0.25, 0.3) is 11.4 Å². The topological polar surface area (TPSA) is 203 Å². The van der Waals surface area contributed by atoms with Crippen molar-refractivity contribution >= 4 is 46.8 Å². The van der Waals surface area contributed by atoms with Crippen LogP contribution in [0.1, 0.15) is 85.6 Å². The van der Waals surface area contributed by atoms with E-state index in [4.69, 9.17) is 42.7 Å². The summed E-state index contributed by atoms with van der Waals surface area (Å²) in [6.07, 6.45) is -3.51. The van der Waals surface area contributed by atoms with Crippen LogP contribution >= 0.6 is 23.2 Å². The summed E-state index contributed by atoms with van der Waals surface area (Å²) in [6.45, 7) is 10.7. The number of aromatic nitrogens is 6. The molecule has 0 spiro atoms. The zero-order chi connectivity index (χ0) is 42.8. The summed E-state index contributed by atoms with van der Waals surface area (Å²) < 4.78 is 14.1. The number of alkyl carbamates (subject to hydrolysis) is 2. The van der Waals surface area contributed by atoms with Crippen molar-refractivity contribution in [1.29, 1.82) is 0 Å². The molecule has 0 unspecified atom stereocenters. The maximum Gasteiger partial charge on any atom is 0.409 e. The molecule has 0 saturated carbocycles. The van der Waals surface area contributed by atoms with Crippen LogP contribution in [0.2, 0.25) is 10.0 Å². The Kier molecular flexibility index (Phi) is 17.7. The number of amides is 2. The summed E-state index contributed by atoms with van der Waals surface area (Å²) >= 11 is 12.1. The molecule has 8 rings (SSSR count). The van der Waals surface area contributed by atoms with E-state index in [1.54, 1.807) is 88.4 Å². The quantitative estimate of drug-likeness (QED) is 0.118. The van der Waals surface area contributed by atoms with Crippen LogP contribution in [0.15, 0.2) is 94.9 Å². The van der Waals surface area contributed by atoms with Gasteiger partial charge < -0.3 is 27.1 Å². The molecular weight excluding hydrogens is 1000 g/mol. The number of carbonyl (C=O) groups excluding carboxylic acids is 2. The number of nitrogens with zero attached hydrogens (tertiary/aromatic N) is 8. The van der Waals surface area contributed by atoms with Gasteiger partial charge >= 0.3 is 12.2 Å². The largest absolute Gasteiger partial charge is 0.508 e. The van der Waals surface area contributed by atoms with E-state index >= 15 is 0 Å². The minimum absolute atomic E-state index is 0. The first kappa shape index (κ1) is 51.1. The Morgan fingerprint density at radius 1 is 0.603 bits per heavy atom. The van der Waals surface area contributed by atoms with Gasteiger partial charge in [-0.25, -0.2) is 9.59 Å². The fourth-order valence-electron chi connectivity index (χ4n) is 6.63. The van der Waals surface area contributed by atoms with Crippen molar-refractivity contribution in [2.75, 3.05) is 0 Å². The normalized spacial score (nSPS) is 14.4. The van der Waals surface area contributed by atoms with Crippen molar-refractivity contribution in [3.8, 4) is 22.9 Å². The number of ether oxygens (including phenoxy) is 2. The van der Waals surface area contributed by atoms with E-state index in [1.807, 2.05) is 47.2 Å². The van der Waals surface area contributed by atoms with E-state index in [0.29, 0.717) is 55.9 Å². The van der Waals surface area contributed by atoms with Crippen molar-refractivity contribution < 1.29 is 94.7 Å². The first-order chi connectivity index (χ1) is 28.7. The Labute approximate surface area is 424 Å². The van der Waals surface area contributed by atoms with Gasteiger partial charge in [0, 0.05) is 97.7 Å². The third-order valence-corrected chi connectivity index (χ3v) is 9.59. The predicted octanol–water partition coefficient (Wildman–Crippen LogP) is 8.28. The maximum absolute atomic E-state index is 12.3. The molecule has 20 heteroatoms. The van der Waals surface area contributed by atoms with Gasteiger partial charge in [0.1, 0.15) is 23.1 Å². The minimum Gasteiger partial charge on any atom is -0.508 e. The second-order valence-electron chi connectivity index (χ2n) is 14.3. The van der Waals surface area contributed by atoms with Crippen LogP contribution in [-0.2, 0) is 74.9 Å². The second-order valence-corrected chi connectivity index (χ2v) is 15.1. The fraction of sp³-hybridized carbons (Fsp3) is 0.233. The maximum atomic E-state index is 12.3. The number of aromatic hydroxyl groups is 2. The Balaban J connectivity index is 0.000000264. The van der Waals surface area contributed by atoms with Crippen LogP contribution in [0.5, 0.6) is 11.5 Å². The van der Waals surface area contributed by atoms with E-state index < -0.39 is 24.5 Å². The third-order valence-electron chi connectivity index (χ3n) is 9.09. The molecule has 2 aliphatic rings. The summed E-state index contributed by atoms with van der Waals surface area (Å²) in [5.74, 6) is 2.29. The standard InChI is InChI=1S/2C21H20ClN5O3.CH3.2Y/c2*1-11(2)30-21(29)24-19-20-26-25-12(3)27(20)17-9-8-15(28)10-16(17)18(23-19)13-4-6-14(22)7-5-13;;;/h2*4-11,19,28H,1-3H3,(H,24,29);1H3;;/q;;-1;;/t2*19-;;;/m00.../s1. The van der Waals surface area contributed by atoms with Crippen molar-refractivity contribution in [2.24, 2.45) is 9.98 Å². The zero-order valence-corrected chi connectivity index (χ0v) is 42.6. The molecule has 2 aromatic heterocycles. The van der Waals surface area contributed by atoms with Gasteiger partial charge in [0.25, 0.3) is 0 Å². The Morgan fingerprint density at radius 3 is 1.29 bits per heavy atom. The minimum atomic E-state index is -0.849. The molecule has 2 aliphatic heterocycles. The number of carbonyl (C=O) groups is 2. The van der Waals surface area contributed by atoms with E-state index in [9.17, 15) is 19.8 Å². The number of phenolic OH excluding ortho intramolecular Hbond substituents is 2. The molecule has 0 aliphatic carbocycles. The van der Waals surface area contributed by atoms with Crippen LogP contribution < -0.4 is 10.6 Å². The van der Waals surface area contributed by atoms with Crippen LogP contribution in [0.4, 0.5) is 9.59 Å². The first-order valence-electron chi connectivity index (χ1n) is 18.8. The molecule has 2 radical (unpaired) electrons. The SMILES string of the molecule is Cc1nnc2n1-c1ccc(O)cc1C(c1ccc(Cl)cc1)=N[C@H]2NC(=O)OC(C)C.Cc1nnc2n1-c1ccc(O)cc1C(c1ccc(Cl)cc1)=N[C@H]2NC(=O)OC(C)C.[CH3-].[Y].[Y]. The van der Waals surface area contributed by atoms with Crippen molar-refractivity contribution in [1.82, 2.24) is 40.2 Å². The Hall–Kier alpha value is -4.57. The van der Waals surface area contributed by atoms with Gasteiger partial charge in [0.15, 0.2) is 24.0 Å². The van der Waals surface area contributed by atoms with Gasteiger partial charge in [-0.15, -0.1) is 20.4 Å². The molecule has 63 heavy (non-hydrogen) atoms. The van der Waals surface area contributed by atoms with Gasteiger partial charge in [-0.1, -0.05) is 47.5 Å². The summed E-state index contributed by atoms with van der Waals surface area (Å²) in [5, 5.41) is 43.8. The molecule has 2 atom stereocenters. The molecule has 2 amide bonds. The van der Waals surface area contributed by atoms with Crippen molar-refractivity contribution in [2.45, 2.75) is 66.1 Å². The van der Waals surface area contributed by atoms with Gasteiger partial charge in [-0.05, 0) is 102 Å². The summed E-state index contributed by atoms with van der Waals surface area (Å²) in [6, 6.07) is 24.3.